The molecule has 1 aromatic rings. The Morgan fingerprint density at radius 2 is 2.33 bits per heavy atom. The molecule has 4 nitrogen and oxygen atoms in total. The van der Waals surface area contributed by atoms with Gasteiger partial charge in [0.25, 0.3) is 0 Å². The van der Waals surface area contributed by atoms with Gasteiger partial charge in [-0.25, -0.2) is 0 Å². The molecule has 0 spiro atoms. The first-order valence-corrected chi connectivity index (χ1v) is 8.91. The highest BCUT2D eigenvalue weighted by Gasteiger charge is 2.34. The number of methoxy groups -OCH3 is 1. The quantitative estimate of drug-likeness (QED) is 0.769. The molecule has 1 aliphatic carbocycles. The van der Waals surface area contributed by atoms with Crippen LogP contribution < -0.4 is 5.32 Å². The summed E-state index contributed by atoms with van der Waals surface area (Å²) in [4.78, 5) is 0. The van der Waals surface area contributed by atoms with Gasteiger partial charge in [0.15, 0.2) is 0 Å². The van der Waals surface area contributed by atoms with Gasteiger partial charge in [-0.05, 0) is 47.2 Å². The van der Waals surface area contributed by atoms with Crippen molar-refractivity contribution in [2.45, 2.75) is 52.1 Å². The molecule has 1 N–H and O–H groups in total. The zero-order valence-corrected chi connectivity index (χ0v) is 15.0. The zero-order chi connectivity index (χ0) is 15.2. The second-order valence-corrected chi connectivity index (χ2v) is 6.95. The minimum absolute atomic E-state index is 0.385. The van der Waals surface area contributed by atoms with Crippen LogP contribution in [0.4, 0.5) is 0 Å². The molecule has 0 saturated heterocycles. The Labute approximate surface area is 136 Å². The van der Waals surface area contributed by atoms with E-state index in [0.29, 0.717) is 18.6 Å². The summed E-state index contributed by atoms with van der Waals surface area (Å²) >= 11 is 3.70. The number of halogens is 1. The molecule has 2 rings (SSSR count). The van der Waals surface area contributed by atoms with Crippen LogP contribution in [-0.4, -0.2) is 30.0 Å². The number of ether oxygens (including phenoxy) is 1. The van der Waals surface area contributed by atoms with Crippen molar-refractivity contribution in [3.63, 3.8) is 0 Å². The number of hydrogen-bond acceptors (Lipinski definition) is 3. The van der Waals surface area contributed by atoms with E-state index in [1.807, 2.05) is 6.20 Å². The molecule has 1 fully saturated rings. The van der Waals surface area contributed by atoms with E-state index in [9.17, 15) is 0 Å². The lowest BCUT2D eigenvalue weighted by atomic mass is 9.88. The molecule has 5 heteroatoms. The van der Waals surface area contributed by atoms with E-state index in [0.717, 1.165) is 29.9 Å². The standard InChI is InChI=1S/C16H28BrN3O/c1-4-8-18-15(13-7-5-6-12(13)2)16-14(17)11-19-20(16)9-10-21-3/h11-13,15,18H,4-10H2,1-3H3. The van der Waals surface area contributed by atoms with Crippen molar-refractivity contribution in [2.75, 3.05) is 20.3 Å². The van der Waals surface area contributed by atoms with Crippen LogP contribution in [0.15, 0.2) is 10.7 Å². The first-order valence-electron chi connectivity index (χ1n) is 8.12. The molecule has 0 aliphatic heterocycles. The summed E-state index contributed by atoms with van der Waals surface area (Å²) in [5.74, 6) is 1.47. The van der Waals surface area contributed by atoms with Crippen LogP contribution >= 0.6 is 15.9 Å². The average Bonchev–Trinajstić information content (AvgIpc) is 3.05. The maximum atomic E-state index is 5.22. The van der Waals surface area contributed by atoms with Crippen LogP contribution in [-0.2, 0) is 11.3 Å². The monoisotopic (exact) mass is 357 g/mol. The van der Waals surface area contributed by atoms with E-state index in [-0.39, 0.29) is 0 Å². The molecule has 1 heterocycles. The van der Waals surface area contributed by atoms with Crippen molar-refractivity contribution in [2.24, 2.45) is 11.8 Å². The minimum atomic E-state index is 0.385. The molecule has 0 aromatic carbocycles. The predicted molar refractivity (Wildman–Crippen MR) is 89.3 cm³/mol. The lowest BCUT2D eigenvalue weighted by Crippen LogP contribution is -2.33. The molecule has 0 amide bonds. The predicted octanol–water partition coefficient (Wildman–Crippen LogP) is 3.77. The van der Waals surface area contributed by atoms with Gasteiger partial charge >= 0.3 is 0 Å². The molecule has 120 valence electrons. The van der Waals surface area contributed by atoms with Crippen molar-refractivity contribution in [3.8, 4) is 0 Å². The molecule has 21 heavy (non-hydrogen) atoms. The molecule has 3 atom stereocenters. The topological polar surface area (TPSA) is 39.1 Å². The molecule has 1 saturated carbocycles. The summed E-state index contributed by atoms with van der Waals surface area (Å²) in [6.45, 7) is 7.17. The number of hydrogen-bond donors (Lipinski definition) is 1. The number of rotatable bonds is 8. The van der Waals surface area contributed by atoms with Gasteiger partial charge in [0, 0.05) is 7.11 Å². The van der Waals surface area contributed by atoms with Gasteiger partial charge in [-0.15, -0.1) is 0 Å². The fourth-order valence-corrected chi connectivity index (χ4v) is 4.00. The minimum Gasteiger partial charge on any atom is -0.383 e. The molecule has 3 unspecified atom stereocenters. The van der Waals surface area contributed by atoms with E-state index in [1.54, 1.807) is 7.11 Å². The smallest absolute Gasteiger partial charge is 0.0699 e. The van der Waals surface area contributed by atoms with Gasteiger partial charge in [0.2, 0.25) is 0 Å². The fourth-order valence-electron chi connectivity index (χ4n) is 3.46. The second-order valence-electron chi connectivity index (χ2n) is 6.10. The first kappa shape index (κ1) is 17.0. The van der Waals surface area contributed by atoms with Gasteiger partial charge in [0.1, 0.15) is 0 Å². The van der Waals surface area contributed by atoms with Crippen LogP contribution in [0.3, 0.4) is 0 Å². The summed E-state index contributed by atoms with van der Waals surface area (Å²) in [7, 11) is 1.74. The maximum Gasteiger partial charge on any atom is 0.0699 e. The van der Waals surface area contributed by atoms with Gasteiger partial charge in [-0.1, -0.05) is 26.7 Å². The van der Waals surface area contributed by atoms with E-state index in [1.165, 1.54) is 25.0 Å². The third-order valence-electron chi connectivity index (χ3n) is 4.61. The largest absolute Gasteiger partial charge is 0.383 e. The highest BCUT2D eigenvalue weighted by molar-refractivity contribution is 9.10. The maximum absolute atomic E-state index is 5.22. The fraction of sp³-hybridized carbons (Fsp3) is 0.812. The van der Waals surface area contributed by atoms with E-state index >= 15 is 0 Å². The molecule has 1 aliphatic rings. The number of nitrogens with one attached hydrogen (secondary N) is 1. The summed E-state index contributed by atoms with van der Waals surface area (Å²) in [5, 5.41) is 8.30. The van der Waals surface area contributed by atoms with E-state index < -0.39 is 0 Å². The third kappa shape index (κ3) is 4.08. The Kier molecular flexibility index (Phi) is 6.71. The van der Waals surface area contributed by atoms with Crippen molar-refractivity contribution in [1.82, 2.24) is 15.1 Å². The molecular formula is C16H28BrN3O. The van der Waals surface area contributed by atoms with Crippen LogP contribution in [0.2, 0.25) is 0 Å². The number of nitrogens with zero attached hydrogens (tertiary/aromatic N) is 2. The Hall–Kier alpha value is -0.390. The van der Waals surface area contributed by atoms with Crippen LogP contribution in [0.5, 0.6) is 0 Å². The summed E-state index contributed by atoms with van der Waals surface area (Å²) in [5.41, 5.74) is 1.29. The van der Waals surface area contributed by atoms with Crippen molar-refractivity contribution in [3.05, 3.63) is 16.4 Å². The molecular weight excluding hydrogens is 330 g/mol. The summed E-state index contributed by atoms with van der Waals surface area (Å²) in [6, 6.07) is 0.385. The molecule has 0 radical (unpaired) electrons. The Bertz CT molecular complexity index is 435. The van der Waals surface area contributed by atoms with Gasteiger partial charge in [0.05, 0.1) is 35.6 Å². The van der Waals surface area contributed by atoms with E-state index in [4.69, 9.17) is 4.74 Å². The SMILES string of the molecule is CCCNC(c1c(Br)cnn1CCOC)C1CCCC1C. The molecule has 0 bridgehead atoms. The third-order valence-corrected chi connectivity index (χ3v) is 5.22. The van der Waals surface area contributed by atoms with Crippen molar-refractivity contribution in [1.29, 1.82) is 0 Å². The van der Waals surface area contributed by atoms with Crippen molar-refractivity contribution < 1.29 is 4.74 Å². The van der Waals surface area contributed by atoms with E-state index in [2.05, 4.69) is 44.9 Å². The van der Waals surface area contributed by atoms with Crippen molar-refractivity contribution >= 4 is 15.9 Å². The Balaban J connectivity index is 2.24. The number of aromatic nitrogens is 2. The lowest BCUT2D eigenvalue weighted by Gasteiger charge is -2.29. The first-order chi connectivity index (χ1) is 10.2. The average molecular weight is 358 g/mol. The highest BCUT2D eigenvalue weighted by atomic mass is 79.9. The highest BCUT2D eigenvalue weighted by Crippen LogP contribution is 2.41. The summed E-state index contributed by atoms with van der Waals surface area (Å²) in [6.07, 6.45) is 7.08. The lowest BCUT2D eigenvalue weighted by molar-refractivity contribution is 0.179. The van der Waals surface area contributed by atoms with Crippen LogP contribution in [0.25, 0.3) is 0 Å². The summed E-state index contributed by atoms with van der Waals surface area (Å²) < 4.78 is 8.44. The normalized spacial score (nSPS) is 23.6. The Morgan fingerprint density at radius 3 is 2.95 bits per heavy atom. The second kappa shape index (κ2) is 8.30. The van der Waals surface area contributed by atoms with Crippen LogP contribution in [0, 0.1) is 11.8 Å². The zero-order valence-electron chi connectivity index (χ0n) is 13.4. The van der Waals surface area contributed by atoms with Gasteiger partial charge < -0.3 is 10.1 Å². The molecule has 1 aromatic heterocycles. The van der Waals surface area contributed by atoms with Gasteiger partial charge in [-0.2, -0.15) is 5.10 Å². The van der Waals surface area contributed by atoms with Gasteiger partial charge in [-0.3, -0.25) is 4.68 Å². The van der Waals surface area contributed by atoms with Crippen LogP contribution in [0.1, 0.15) is 51.3 Å². The Morgan fingerprint density at radius 1 is 1.52 bits per heavy atom.